The molecule has 2 aromatic carbocycles. The van der Waals surface area contributed by atoms with E-state index >= 15 is 0 Å². The Labute approximate surface area is 167 Å². The van der Waals surface area contributed by atoms with Gasteiger partial charge in [-0.05, 0) is 56.2 Å². The maximum atomic E-state index is 12.3. The Morgan fingerprint density at radius 1 is 1.11 bits per heavy atom. The van der Waals surface area contributed by atoms with Gasteiger partial charge in [-0.15, -0.1) is 0 Å². The van der Waals surface area contributed by atoms with E-state index in [4.69, 9.17) is 9.47 Å². The number of amides is 1. The summed E-state index contributed by atoms with van der Waals surface area (Å²) in [6.07, 6.45) is 0. The molecule has 28 heavy (non-hydrogen) atoms. The van der Waals surface area contributed by atoms with Gasteiger partial charge in [-0.2, -0.15) is 4.99 Å². The van der Waals surface area contributed by atoms with E-state index in [0.717, 1.165) is 21.3 Å². The second-order valence-electron chi connectivity index (χ2n) is 6.29. The largest absolute Gasteiger partial charge is 0.484 e. The number of carbonyl (C=O) groups excluding carboxylic acids is 2. The first-order chi connectivity index (χ1) is 13.5. The van der Waals surface area contributed by atoms with Gasteiger partial charge in [0.2, 0.25) is 0 Å². The van der Waals surface area contributed by atoms with E-state index in [1.807, 2.05) is 44.2 Å². The van der Waals surface area contributed by atoms with E-state index in [1.165, 1.54) is 11.3 Å². The Bertz CT molecular complexity index is 1070. The predicted molar refractivity (Wildman–Crippen MR) is 108 cm³/mol. The fraction of sp³-hybridized carbons (Fsp3) is 0.286. The Hall–Kier alpha value is -2.93. The van der Waals surface area contributed by atoms with Gasteiger partial charge in [0.25, 0.3) is 5.91 Å². The molecule has 0 unspecified atom stereocenters. The van der Waals surface area contributed by atoms with Crippen molar-refractivity contribution in [3.05, 3.63) is 58.4 Å². The molecule has 1 amide bonds. The number of rotatable bonds is 6. The Kier molecular flexibility index (Phi) is 6.26. The van der Waals surface area contributed by atoms with Crippen LogP contribution in [-0.4, -0.2) is 29.7 Å². The molecule has 1 aromatic heterocycles. The topological polar surface area (TPSA) is 69.9 Å². The molecule has 0 aliphatic rings. The van der Waals surface area contributed by atoms with Crippen molar-refractivity contribution in [1.82, 2.24) is 4.57 Å². The highest BCUT2D eigenvalue weighted by molar-refractivity contribution is 7.16. The number of aryl methyl sites for hydroxylation is 2. The van der Waals surface area contributed by atoms with Gasteiger partial charge < -0.3 is 14.0 Å². The van der Waals surface area contributed by atoms with Crippen LogP contribution in [0.5, 0.6) is 5.75 Å². The molecule has 0 bridgehead atoms. The van der Waals surface area contributed by atoms with Crippen molar-refractivity contribution in [2.45, 2.75) is 27.3 Å². The quantitative estimate of drug-likeness (QED) is 0.597. The third kappa shape index (κ3) is 4.67. The summed E-state index contributed by atoms with van der Waals surface area (Å²) < 4.78 is 13.2. The van der Waals surface area contributed by atoms with Crippen molar-refractivity contribution in [2.24, 2.45) is 4.99 Å². The lowest BCUT2D eigenvalue weighted by atomic mass is 10.1. The molecular formula is C21H22N2O4S. The van der Waals surface area contributed by atoms with Gasteiger partial charge in [0.05, 0.1) is 16.8 Å². The number of nitrogens with zero attached hydrogens (tertiary/aromatic N) is 2. The highest BCUT2D eigenvalue weighted by Crippen LogP contribution is 2.22. The fourth-order valence-corrected chi connectivity index (χ4v) is 3.82. The Balaban J connectivity index is 1.94. The number of hydrogen-bond acceptors (Lipinski definition) is 5. The number of aromatic nitrogens is 1. The molecule has 3 aromatic rings. The lowest BCUT2D eigenvalue weighted by molar-refractivity contribution is -0.143. The molecule has 146 valence electrons. The minimum atomic E-state index is -0.415. The van der Waals surface area contributed by atoms with Crippen LogP contribution in [0.25, 0.3) is 10.2 Å². The van der Waals surface area contributed by atoms with Gasteiger partial charge >= 0.3 is 5.97 Å². The van der Waals surface area contributed by atoms with E-state index in [-0.39, 0.29) is 19.1 Å². The summed E-state index contributed by atoms with van der Waals surface area (Å²) in [6.45, 7) is 5.93. The number of thiazole rings is 1. The summed E-state index contributed by atoms with van der Waals surface area (Å²) in [4.78, 5) is 29.1. The summed E-state index contributed by atoms with van der Waals surface area (Å²) in [5, 5.41) is 0. The third-order valence-corrected chi connectivity index (χ3v) is 5.26. The second kappa shape index (κ2) is 8.84. The molecule has 0 fully saturated rings. The van der Waals surface area contributed by atoms with Crippen LogP contribution in [-0.2, 0) is 20.9 Å². The molecule has 0 aliphatic carbocycles. The van der Waals surface area contributed by atoms with Crippen LogP contribution in [0.4, 0.5) is 0 Å². The molecule has 0 aliphatic heterocycles. The summed E-state index contributed by atoms with van der Waals surface area (Å²) in [6, 6.07) is 13.1. The van der Waals surface area contributed by atoms with Crippen LogP contribution in [0.15, 0.2) is 47.5 Å². The second-order valence-corrected chi connectivity index (χ2v) is 7.30. The molecule has 0 atom stereocenters. The van der Waals surface area contributed by atoms with E-state index < -0.39 is 5.91 Å². The average molecular weight is 398 g/mol. The van der Waals surface area contributed by atoms with Gasteiger partial charge in [0, 0.05) is 0 Å². The van der Waals surface area contributed by atoms with E-state index in [0.29, 0.717) is 17.2 Å². The summed E-state index contributed by atoms with van der Waals surface area (Å²) in [5.41, 5.74) is 3.10. The van der Waals surface area contributed by atoms with Crippen molar-refractivity contribution >= 4 is 33.4 Å². The molecule has 7 heteroatoms. The van der Waals surface area contributed by atoms with Crippen molar-refractivity contribution < 1.29 is 19.1 Å². The van der Waals surface area contributed by atoms with Gasteiger partial charge in [0.1, 0.15) is 12.3 Å². The fourth-order valence-electron chi connectivity index (χ4n) is 2.70. The average Bonchev–Trinajstić information content (AvgIpc) is 2.97. The number of fused-ring (bicyclic) bond motifs is 1. The molecular weight excluding hydrogens is 376 g/mol. The first-order valence-corrected chi connectivity index (χ1v) is 9.81. The number of benzene rings is 2. The van der Waals surface area contributed by atoms with Crippen molar-refractivity contribution in [1.29, 1.82) is 0 Å². The third-order valence-electron chi connectivity index (χ3n) is 4.22. The van der Waals surface area contributed by atoms with E-state index in [1.54, 1.807) is 23.6 Å². The van der Waals surface area contributed by atoms with Gasteiger partial charge in [-0.25, -0.2) is 0 Å². The summed E-state index contributed by atoms with van der Waals surface area (Å²) in [5.74, 6) is -0.177. The molecule has 0 saturated heterocycles. The number of hydrogen-bond donors (Lipinski definition) is 0. The summed E-state index contributed by atoms with van der Waals surface area (Å²) in [7, 11) is 0. The number of carbonyl (C=O) groups is 2. The zero-order valence-electron chi connectivity index (χ0n) is 16.1. The Morgan fingerprint density at radius 2 is 1.82 bits per heavy atom. The van der Waals surface area contributed by atoms with Crippen LogP contribution >= 0.6 is 11.3 Å². The SMILES string of the molecule is CCOC(=O)Cn1c(=NC(=O)COc2ccccc2)sc2cc(C)c(C)cc21. The maximum absolute atomic E-state index is 12.3. The first kappa shape index (κ1) is 19.8. The summed E-state index contributed by atoms with van der Waals surface area (Å²) >= 11 is 1.37. The van der Waals surface area contributed by atoms with Crippen molar-refractivity contribution in [3.8, 4) is 5.75 Å². The first-order valence-electron chi connectivity index (χ1n) is 8.99. The van der Waals surface area contributed by atoms with Gasteiger partial charge in [-0.3, -0.25) is 9.59 Å². The molecule has 0 saturated carbocycles. The van der Waals surface area contributed by atoms with Crippen molar-refractivity contribution in [3.63, 3.8) is 0 Å². The number of esters is 1. The Morgan fingerprint density at radius 3 is 2.54 bits per heavy atom. The number of para-hydroxylation sites is 1. The van der Waals surface area contributed by atoms with Crippen molar-refractivity contribution in [2.75, 3.05) is 13.2 Å². The lowest BCUT2D eigenvalue weighted by Crippen LogP contribution is -2.24. The van der Waals surface area contributed by atoms with Crippen LogP contribution in [0.1, 0.15) is 18.1 Å². The molecule has 0 radical (unpaired) electrons. The molecule has 6 nitrogen and oxygen atoms in total. The highest BCUT2D eigenvalue weighted by Gasteiger charge is 2.13. The zero-order valence-corrected chi connectivity index (χ0v) is 16.9. The van der Waals surface area contributed by atoms with E-state index in [9.17, 15) is 9.59 Å². The highest BCUT2D eigenvalue weighted by atomic mass is 32.1. The van der Waals surface area contributed by atoms with Crippen LogP contribution < -0.4 is 9.54 Å². The minimum absolute atomic E-state index is 0.00198. The molecule has 0 N–H and O–H groups in total. The van der Waals surface area contributed by atoms with E-state index in [2.05, 4.69) is 4.99 Å². The minimum Gasteiger partial charge on any atom is -0.484 e. The molecule has 3 rings (SSSR count). The lowest BCUT2D eigenvalue weighted by Gasteiger charge is -2.07. The van der Waals surface area contributed by atoms with Crippen LogP contribution in [0.2, 0.25) is 0 Å². The maximum Gasteiger partial charge on any atom is 0.326 e. The predicted octanol–water partition coefficient (Wildman–Crippen LogP) is 3.39. The smallest absolute Gasteiger partial charge is 0.326 e. The standard InChI is InChI=1S/C21H22N2O4S/c1-4-26-20(25)12-23-17-10-14(2)15(3)11-18(17)28-21(23)22-19(24)13-27-16-8-6-5-7-9-16/h5-11H,4,12-13H2,1-3H3. The molecule has 0 spiro atoms. The van der Waals surface area contributed by atoms with Crippen LogP contribution in [0.3, 0.4) is 0 Å². The zero-order chi connectivity index (χ0) is 20.1. The normalized spacial score (nSPS) is 11.6. The molecule has 1 heterocycles. The monoisotopic (exact) mass is 398 g/mol. The van der Waals surface area contributed by atoms with Gasteiger partial charge in [-0.1, -0.05) is 29.5 Å². The van der Waals surface area contributed by atoms with Gasteiger partial charge in [0.15, 0.2) is 11.4 Å². The van der Waals surface area contributed by atoms with Crippen LogP contribution in [0, 0.1) is 13.8 Å². The number of ether oxygens (including phenoxy) is 2.